The van der Waals surface area contributed by atoms with Gasteiger partial charge in [-0.05, 0) is 30.9 Å². The summed E-state index contributed by atoms with van der Waals surface area (Å²) in [5.41, 5.74) is 1.49. The zero-order valence-corrected chi connectivity index (χ0v) is 10.6. The smallest absolute Gasteiger partial charge is 0.144 e. The topological polar surface area (TPSA) is 68.9 Å². The van der Waals surface area contributed by atoms with Crippen molar-refractivity contribution in [2.45, 2.75) is 33.2 Å². The molecule has 4 heteroatoms. The number of nitrogens with zero attached hydrogens (tertiary/aromatic N) is 2. The Balaban J connectivity index is 2.94. The number of aliphatic hydroxyl groups excluding tert-OH is 1. The van der Waals surface area contributed by atoms with E-state index in [4.69, 9.17) is 10.4 Å². The van der Waals surface area contributed by atoms with Gasteiger partial charge in [0.15, 0.2) is 0 Å². The highest BCUT2D eigenvalue weighted by Gasteiger charge is 2.15. The molecule has 0 aliphatic heterocycles. The number of nitrogens with one attached hydrogen (secondary N) is 1. The van der Waals surface area contributed by atoms with Crippen molar-refractivity contribution in [1.82, 2.24) is 4.98 Å². The van der Waals surface area contributed by atoms with Crippen molar-refractivity contribution in [3.05, 3.63) is 23.4 Å². The number of hydrogen-bond donors (Lipinski definition) is 2. The molecule has 0 aliphatic rings. The lowest BCUT2D eigenvalue weighted by Gasteiger charge is -2.22. The molecule has 1 atom stereocenters. The van der Waals surface area contributed by atoms with Gasteiger partial charge in [-0.2, -0.15) is 5.26 Å². The van der Waals surface area contributed by atoms with Gasteiger partial charge in [-0.15, -0.1) is 0 Å². The van der Waals surface area contributed by atoms with E-state index in [1.807, 2.05) is 13.0 Å². The fraction of sp³-hybridized carbons (Fsp3) is 0.538. The second-order valence-electron chi connectivity index (χ2n) is 4.47. The Labute approximate surface area is 102 Å². The zero-order valence-electron chi connectivity index (χ0n) is 10.6. The van der Waals surface area contributed by atoms with E-state index in [0.29, 0.717) is 23.7 Å². The minimum absolute atomic E-state index is 0.126. The maximum atomic E-state index is 9.10. The van der Waals surface area contributed by atoms with Crippen LogP contribution in [0.5, 0.6) is 0 Å². The highest BCUT2D eigenvalue weighted by atomic mass is 16.3. The summed E-state index contributed by atoms with van der Waals surface area (Å²) in [6.07, 6.45) is 2.34. The number of pyridine rings is 1. The van der Waals surface area contributed by atoms with Gasteiger partial charge in [0.2, 0.25) is 0 Å². The molecule has 0 amide bonds. The molecular weight excluding hydrogens is 214 g/mol. The minimum Gasteiger partial charge on any atom is -0.396 e. The number of rotatable bonds is 5. The maximum absolute atomic E-state index is 9.10. The first-order valence-electron chi connectivity index (χ1n) is 5.83. The monoisotopic (exact) mass is 233 g/mol. The van der Waals surface area contributed by atoms with Crippen LogP contribution in [-0.4, -0.2) is 22.7 Å². The van der Waals surface area contributed by atoms with Crippen LogP contribution < -0.4 is 5.32 Å². The number of hydrogen-bond acceptors (Lipinski definition) is 4. The molecule has 0 saturated heterocycles. The summed E-state index contributed by atoms with van der Waals surface area (Å²) in [5.74, 6) is 0.982. The molecule has 1 heterocycles. The van der Waals surface area contributed by atoms with Crippen LogP contribution in [0.4, 0.5) is 5.82 Å². The van der Waals surface area contributed by atoms with E-state index in [2.05, 4.69) is 30.2 Å². The summed E-state index contributed by atoms with van der Waals surface area (Å²) in [5, 5.41) is 21.4. The minimum atomic E-state index is 0.126. The van der Waals surface area contributed by atoms with Gasteiger partial charge in [-0.1, -0.05) is 13.8 Å². The van der Waals surface area contributed by atoms with Crippen LogP contribution in [0.25, 0.3) is 0 Å². The van der Waals surface area contributed by atoms with E-state index in [1.165, 1.54) is 0 Å². The van der Waals surface area contributed by atoms with Crippen LogP contribution in [0, 0.1) is 24.2 Å². The van der Waals surface area contributed by atoms with Gasteiger partial charge in [0.05, 0.1) is 5.56 Å². The van der Waals surface area contributed by atoms with Gasteiger partial charge in [-0.3, -0.25) is 0 Å². The average molecular weight is 233 g/mol. The van der Waals surface area contributed by atoms with E-state index in [0.717, 1.165) is 5.56 Å². The summed E-state index contributed by atoms with van der Waals surface area (Å²) in [6.45, 7) is 6.18. The Morgan fingerprint density at radius 3 is 2.76 bits per heavy atom. The number of nitriles is 1. The third-order valence-corrected chi connectivity index (χ3v) is 2.84. The van der Waals surface area contributed by atoms with Gasteiger partial charge in [0, 0.05) is 18.8 Å². The van der Waals surface area contributed by atoms with Crippen molar-refractivity contribution >= 4 is 5.82 Å². The molecule has 0 spiro atoms. The van der Waals surface area contributed by atoms with Crippen LogP contribution in [0.3, 0.4) is 0 Å². The Hall–Kier alpha value is -1.60. The largest absolute Gasteiger partial charge is 0.396 e. The van der Waals surface area contributed by atoms with Gasteiger partial charge < -0.3 is 10.4 Å². The van der Waals surface area contributed by atoms with Crippen molar-refractivity contribution in [2.75, 3.05) is 11.9 Å². The Kier molecular flexibility index (Phi) is 4.92. The average Bonchev–Trinajstić information content (AvgIpc) is 2.28. The van der Waals surface area contributed by atoms with Crippen LogP contribution in [0.1, 0.15) is 31.4 Å². The molecule has 0 saturated carbocycles. The number of aromatic nitrogens is 1. The molecule has 0 fully saturated rings. The first kappa shape index (κ1) is 13.5. The normalized spacial score (nSPS) is 12.2. The Morgan fingerprint density at radius 2 is 2.24 bits per heavy atom. The second-order valence-corrected chi connectivity index (χ2v) is 4.47. The fourth-order valence-electron chi connectivity index (χ4n) is 1.70. The predicted molar refractivity (Wildman–Crippen MR) is 67.6 cm³/mol. The number of anilines is 1. The fourth-order valence-corrected chi connectivity index (χ4v) is 1.70. The molecule has 4 nitrogen and oxygen atoms in total. The molecule has 0 aliphatic carbocycles. The summed E-state index contributed by atoms with van der Waals surface area (Å²) in [6, 6.07) is 4.11. The molecule has 1 unspecified atom stereocenters. The Morgan fingerprint density at radius 1 is 1.53 bits per heavy atom. The van der Waals surface area contributed by atoms with Crippen molar-refractivity contribution in [2.24, 2.45) is 5.92 Å². The SMILES string of the molecule is Cc1ccnc(NC(CCO)C(C)C)c1C#N. The summed E-state index contributed by atoms with van der Waals surface area (Å²) < 4.78 is 0. The lowest BCUT2D eigenvalue weighted by molar-refractivity contribution is 0.267. The summed E-state index contributed by atoms with van der Waals surface area (Å²) >= 11 is 0. The maximum Gasteiger partial charge on any atom is 0.144 e. The van der Waals surface area contributed by atoms with Crippen LogP contribution in [-0.2, 0) is 0 Å². The van der Waals surface area contributed by atoms with E-state index in [1.54, 1.807) is 6.20 Å². The number of aliphatic hydroxyl groups is 1. The molecule has 1 aromatic rings. The first-order valence-corrected chi connectivity index (χ1v) is 5.83. The molecule has 1 rings (SSSR count). The van der Waals surface area contributed by atoms with Crippen LogP contribution >= 0.6 is 0 Å². The van der Waals surface area contributed by atoms with Crippen molar-refractivity contribution in [3.63, 3.8) is 0 Å². The third kappa shape index (κ3) is 3.43. The molecule has 2 N–H and O–H groups in total. The van der Waals surface area contributed by atoms with Crippen LogP contribution in [0.15, 0.2) is 12.3 Å². The second kappa shape index (κ2) is 6.21. The highest BCUT2D eigenvalue weighted by Crippen LogP contribution is 2.19. The van der Waals surface area contributed by atoms with Crippen molar-refractivity contribution < 1.29 is 5.11 Å². The quantitative estimate of drug-likeness (QED) is 0.817. The molecular formula is C13H19N3O. The van der Waals surface area contributed by atoms with E-state index >= 15 is 0 Å². The molecule has 17 heavy (non-hydrogen) atoms. The van der Waals surface area contributed by atoms with Crippen LogP contribution in [0.2, 0.25) is 0 Å². The van der Waals surface area contributed by atoms with Crippen molar-refractivity contribution in [3.8, 4) is 6.07 Å². The molecule has 0 radical (unpaired) electrons. The van der Waals surface area contributed by atoms with Gasteiger partial charge in [0.1, 0.15) is 11.9 Å². The van der Waals surface area contributed by atoms with Gasteiger partial charge in [0.25, 0.3) is 0 Å². The molecule has 0 aromatic carbocycles. The van der Waals surface area contributed by atoms with E-state index in [-0.39, 0.29) is 12.6 Å². The van der Waals surface area contributed by atoms with Gasteiger partial charge >= 0.3 is 0 Å². The Bertz CT molecular complexity index is 410. The van der Waals surface area contributed by atoms with E-state index < -0.39 is 0 Å². The predicted octanol–water partition coefficient (Wildman–Crippen LogP) is 2.08. The third-order valence-electron chi connectivity index (χ3n) is 2.84. The van der Waals surface area contributed by atoms with E-state index in [9.17, 15) is 0 Å². The standard InChI is InChI=1S/C13H19N3O/c1-9(2)12(5-7-17)16-13-11(8-14)10(3)4-6-15-13/h4,6,9,12,17H,5,7H2,1-3H3,(H,15,16). The molecule has 92 valence electrons. The summed E-state index contributed by atoms with van der Waals surface area (Å²) in [4.78, 5) is 4.20. The molecule has 0 bridgehead atoms. The first-order chi connectivity index (χ1) is 8.10. The lowest BCUT2D eigenvalue weighted by atomic mass is 10.0. The van der Waals surface area contributed by atoms with Gasteiger partial charge in [-0.25, -0.2) is 4.98 Å². The lowest BCUT2D eigenvalue weighted by Crippen LogP contribution is -2.27. The highest BCUT2D eigenvalue weighted by molar-refractivity contribution is 5.55. The molecule has 1 aromatic heterocycles. The van der Waals surface area contributed by atoms with Crippen molar-refractivity contribution in [1.29, 1.82) is 5.26 Å². The summed E-state index contributed by atoms with van der Waals surface area (Å²) in [7, 11) is 0. The number of aryl methyl sites for hydroxylation is 1. The zero-order chi connectivity index (χ0) is 12.8.